The highest BCUT2D eigenvalue weighted by molar-refractivity contribution is 6.31. The van der Waals surface area contributed by atoms with E-state index in [1.807, 2.05) is 0 Å². The molecule has 3 aromatic rings. The molecule has 1 atom stereocenters. The molecule has 1 aromatic carbocycles. The second-order valence-corrected chi connectivity index (χ2v) is 7.75. The standard InChI is InChI=1S/C18H19Cl2N5O3/c1-18(2,21)12-8-22-25(17(27)16(12)20)9-15-23-14(24-28-15)7-13(26)10-3-5-11(19)6-4-10/h3-6,8,13,26H,7,9,21H2,1-2H3/t13-/m0/s1. The number of aromatic nitrogens is 4. The largest absolute Gasteiger partial charge is 0.388 e. The Hall–Kier alpha value is -2.26. The van der Waals surface area contributed by atoms with Gasteiger partial charge in [0.15, 0.2) is 5.82 Å². The molecule has 2 aromatic heterocycles. The normalized spacial score (nSPS) is 12.9. The number of rotatable bonds is 6. The van der Waals surface area contributed by atoms with Crippen LogP contribution in [0.15, 0.2) is 39.8 Å². The van der Waals surface area contributed by atoms with Crippen LogP contribution in [0.25, 0.3) is 0 Å². The first kappa shape index (κ1) is 20.5. The van der Waals surface area contributed by atoms with E-state index in [0.29, 0.717) is 22.0 Å². The van der Waals surface area contributed by atoms with Crippen LogP contribution < -0.4 is 11.3 Å². The quantitative estimate of drug-likeness (QED) is 0.624. The smallest absolute Gasteiger partial charge is 0.286 e. The van der Waals surface area contributed by atoms with Gasteiger partial charge in [-0.15, -0.1) is 0 Å². The van der Waals surface area contributed by atoms with E-state index in [1.165, 1.54) is 6.20 Å². The lowest BCUT2D eigenvalue weighted by atomic mass is 9.98. The summed E-state index contributed by atoms with van der Waals surface area (Å²) in [7, 11) is 0. The fourth-order valence-electron chi connectivity index (χ4n) is 2.57. The van der Waals surface area contributed by atoms with Crippen molar-refractivity contribution in [2.24, 2.45) is 5.73 Å². The van der Waals surface area contributed by atoms with Crippen LogP contribution in [-0.2, 0) is 18.5 Å². The van der Waals surface area contributed by atoms with Gasteiger partial charge in [-0.2, -0.15) is 10.1 Å². The molecule has 0 aliphatic heterocycles. The predicted molar refractivity (Wildman–Crippen MR) is 104 cm³/mol. The first-order valence-electron chi connectivity index (χ1n) is 8.45. The molecule has 0 unspecified atom stereocenters. The predicted octanol–water partition coefficient (Wildman–Crippen LogP) is 2.45. The minimum atomic E-state index is -0.816. The first-order valence-corrected chi connectivity index (χ1v) is 9.20. The van der Waals surface area contributed by atoms with Crippen LogP contribution in [0.4, 0.5) is 0 Å². The van der Waals surface area contributed by atoms with Gasteiger partial charge in [0.2, 0.25) is 5.89 Å². The van der Waals surface area contributed by atoms with Crippen LogP contribution in [0.2, 0.25) is 10.0 Å². The highest BCUT2D eigenvalue weighted by Crippen LogP contribution is 2.22. The summed E-state index contributed by atoms with van der Waals surface area (Å²) in [4.78, 5) is 16.6. The van der Waals surface area contributed by atoms with Gasteiger partial charge in [-0.05, 0) is 31.5 Å². The van der Waals surface area contributed by atoms with E-state index in [9.17, 15) is 9.90 Å². The Morgan fingerprint density at radius 2 is 1.96 bits per heavy atom. The van der Waals surface area contributed by atoms with E-state index < -0.39 is 17.2 Å². The van der Waals surface area contributed by atoms with Gasteiger partial charge < -0.3 is 15.4 Å². The molecule has 28 heavy (non-hydrogen) atoms. The number of nitrogens with zero attached hydrogens (tertiary/aromatic N) is 4. The highest BCUT2D eigenvalue weighted by Gasteiger charge is 2.22. The van der Waals surface area contributed by atoms with E-state index in [2.05, 4.69) is 15.2 Å². The van der Waals surface area contributed by atoms with Crippen molar-refractivity contribution >= 4 is 23.2 Å². The Morgan fingerprint density at radius 3 is 2.61 bits per heavy atom. The summed E-state index contributed by atoms with van der Waals surface area (Å²) in [6.07, 6.45) is 0.781. The zero-order chi connectivity index (χ0) is 20.5. The van der Waals surface area contributed by atoms with Gasteiger partial charge in [0.05, 0.1) is 12.3 Å². The minimum Gasteiger partial charge on any atom is -0.388 e. The van der Waals surface area contributed by atoms with Gasteiger partial charge in [0.25, 0.3) is 5.56 Å². The number of benzene rings is 1. The molecule has 0 spiro atoms. The number of hydrogen-bond donors (Lipinski definition) is 2. The van der Waals surface area contributed by atoms with Crippen molar-refractivity contribution in [3.05, 3.63) is 73.7 Å². The Balaban J connectivity index is 1.74. The average molecular weight is 424 g/mol. The molecular formula is C18H19Cl2N5O3. The fraction of sp³-hybridized carbons (Fsp3) is 0.333. The van der Waals surface area contributed by atoms with Crippen LogP contribution in [0.1, 0.15) is 42.8 Å². The van der Waals surface area contributed by atoms with Gasteiger partial charge in [0, 0.05) is 22.5 Å². The van der Waals surface area contributed by atoms with Crippen molar-refractivity contribution in [3.8, 4) is 0 Å². The summed E-state index contributed by atoms with van der Waals surface area (Å²) in [6.45, 7) is 3.42. The van der Waals surface area contributed by atoms with Crippen molar-refractivity contribution < 1.29 is 9.63 Å². The molecule has 0 radical (unpaired) electrons. The van der Waals surface area contributed by atoms with Crippen LogP contribution in [0, 0.1) is 0 Å². The molecule has 0 saturated heterocycles. The average Bonchev–Trinajstić information content (AvgIpc) is 3.05. The molecule has 2 heterocycles. The number of hydrogen-bond acceptors (Lipinski definition) is 7. The van der Waals surface area contributed by atoms with Crippen molar-refractivity contribution in [2.75, 3.05) is 0 Å². The number of aliphatic hydroxyl groups excluding tert-OH is 1. The molecule has 0 bridgehead atoms. The van der Waals surface area contributed by atoms with Crippen molar-refractivity contribution in [1.82, 2.24) is 19.9 Å². The summed E-state index contributed by atoms with van der Waals surface area (Å²) >= 11 is 12.0. The topological polar surface area (TPSA) is 120 Å². The van der Waals surface area contributed by atoms with Crippen LogP contribution >= 0.6 is 23.2 Å². The maximum atomic E-state index is 12.4. The van der Waals surface area contributed by atoms with Gasteiger partial charge in [-0.3, -0.25) is 4.79 Å². The molecule has 3 N–H and O–H groups in total. The SMILES string of the molecule is CC(C)(N)c1cnn(Cc2nc(C[C@H](O)c3ccc(Cl)cc3)no2)c(=O)c1Cl. The molecular weight excluding hydrogens is 405 g/mol. The molecule has 0 saturated carbocycles. The van der Waals surface area contributed by atoms with Crippen molar-refractivity contribution in [3.63, 3.8) is 0 Å². The summed E-state index contributed by atoms with van der Waals surface area (Å²) in [5.74, 6) is 0.472. The highest BCUT2D eigenvalue weighted by atomic mass is 35.5. The van der Waals surface area contributed by atoms with E-state index in [1.54, 1.807) is 38.1 Å². The third-order valence-electron chi connectivity index (χ3n) is 4.10. The Labute approximate surface area is 170 Å². The van der Waals surface area contributed by atoms with E-state index in [4.69, 9.17) is 33.5 Å². The van der Waals surface area contributed by atoms with E-state index >= 15 is 0 Å². The van der Waals surface area contributed by atoms with E-state index in [-0.39, 0.29) is 23.9 Å². The number of aliphatic hydroxyl groups is 1. The van der Waals surface area contributed by atoms with Crippen LogP contribution in [0.5, 0.6) is 0 Å². The molecule has 148 valence electrons. The summed E-state index contributed by atoms with van der Waals surface area (Å²) in [6, 6.07) is 6.83. The number of nitrogens with two attached hydrogens (primary N) is 1. The van der Waals surface area contributed by atoms with Crippen LogP contribution in [-0.4, -0.2) is 25.0 Å². The molecule has 0 aliphatic carbocycles. The lowest BCUT2D eigenvalue weighted by molar-refractivity contribution is 0.174. The molecule has 10 heteroatoms. The fourth-order valence-corrected chi connectivity index (χ4v) is 3.08. The van der Waals surface area contributed by atoms with Gasteiger partial charge in [0.1, 0.15) is 11.6 Å². The third-order valence-corrected chi connectivity index (χ3v) is 4.72. The second-order valence-electron chi connectivity index (χ2n) is 6.93. The summed E-state index contributed by atoms with van der Waals surface area (Å²) in [5, 5.41) is 18.8. The van der Waals surface area contributed by atoms with Gasteiger partial charge in [-0.25, -0.2) is 4.68 Å². The second kappa shape index (κ2) is 8.00. The Kier molecular flexibility index (Phi) is 5.85. The van der Waals surface area contributed by atoms with Crippen molar-refractivity contribution in [2.45, 2.75) is 38.5 Å². The zero-order valence-electron chi connectivity index (χ0n) is 15.3. The van der Waals surface area contributed by atoms with Crippen molar-refractivity contribution in [1.29, 1.82) is 0 Å². The third kappa shape index (κ3) is 4.59. The number of halogens is 2. The van der Waals surface area contributed by atoms with Crippen LogP contribution in [0.3, 0.4) is 0 Å². The maximum Gasteiger partial charge on any atom is 0.286 e. The molecule has 0 amide bonds. The Morgan fingerprint density at radius 1 is 1.29 bits per heavy atom. The lowest BCUT2D eigenvalue weighted by Crippen LogP contribution is -2.34. The maximum absolute atomic E-state index is 12.4. The van der Waals surface area contributed by atoms with Gasteiger partial charge >= 0.3 is 0 Å². The molecule has 8 nitrogen and oxygen atoms in total. The molecule has 3 rings (SSSR count). The summed E-state index contributed by atoms with van der Waals surface area (Å²) < 4.78 is 6.27. The first-order chi connectivity index (χ1) is 13.1. The molecule has 0 fully saturated rings. The minimum absolute atomic E-state index is 0.000370. The monoisotopic (exact) mass is 423 g/mol. The molecule has 0 aliphatic rings. The Bertz CT molecular complexity index is 1020. The zero-order valence-corrected chi connectivity index (χ0v) is 16.8. The lowest BCUT2D eigenvalue weighted by Gasteiger charge is -2.19. The van der Waals surface area contributed by atoms with Gasteiger partial charge in [-0.1, -0.05) is 40.5 Å². The van der Waals surface area contributed by atoms with E-state index in [0.717, 1.165) is 4.68 Å². The summed E-state index contributed by atoms with van der Waals surface area (Å²) in [5.41, 5.74) is 5.83.